The van der Waals surface area contributed by atoms with Crippen molar-refractivity contribution in [3.05, 3.63) is 11.6 Å². The Morgan fingerprint density at radius 1 is 1.31 bits per heavy atom. The van der Waals surface area contributed by atoms with E-state index < -0.39 is 0 Å². The highest BCUT2D eigenvalue weighted by molar-refractivity contribution is 5.00. The lowest BCUT2D eigenvalue weighted by Crippen LogP contribution is -2.30. The van der Waals surface area contributed by atoms with Crippen LogP contribution in [0.25, 0.3) is 0 Å². The topological polar surface area (TPSA) is 42.7 Å². The number of hydrogen-bond donors (Lipinski definition) is 1. The molecule has 3 heterocycles. The van der Waals surface area contributed by atoms with Crippen LogP contribution in [0.2, 0.25) is 0 Å². The minimum absolute atomic E-state index is 0.850. The van der Waals surface area contributed by atoms with E-state index in [0.29, 0.717) is 0 Å². The molecule has 0 radical (unpaired) electrons. The second kappa shape index (κ2) is 4.53. The van der Waals surface area contributed by atoms with E-state index >= 15 is 0 Å². The molecule has 1 fully saturated rings. The van der Waals surface area contributed by atoms with E-state index in [4.69, 9.17) is 0 Å². The van der Waals surface area contributed by atoms with Crippen LogP contribution in [0.15, 0.2) is 0 Å². The fraction of sp³-hybridized carbons (Fsp3) is 0.833. The smallest absolute Gasteiger partial charge is 0.133 e. The summed E-state index contributed by atoms with van der Waals surface area (Å²) in [6, 6.07) is 0. The average Bonchev–Trinajstić information content (AvgIpc) is 2.90. The second-order valence-corrected chi connectivity index (χ2v) is 5.04. The molecule has 1 unspecified atom stereocenters. The molecule has 1 atom stereocenters. The Morgan fingerprint density at radius 2 is 2.31 bits per heavy atom. The van der Waals surface area contributed by atoms with Crippen molar-refractivity contribution in [2.75, 3.05) is 13.1 Å². The molecule has 1 aromatic heterocycles. The van der Waals surface area contributed by atoms with Crippen LogP contribution in [0.5, 0.6) is 0 Å². The molecule has 1 saturated heterocycles. The van der Waals surface area contributed by atoms with E-state index in [1.165, 1.54) is 50.4 Å². The normalized spacial score (nSPS) is 24.6. The summed E-state index contributed by atoms with van der Waals surface area (Å²) in [5.74, 6) is 3.28. The van der Waals surface area contributed by atoms with Gasteiger partial charge < -0.3 is 9.88 Å². The molecule has 2 aliphatic heterocycles. The summed E-state index contributed by atoms with van der Waals surface area (Å²) in [5.41, 5.74) is 0. The molecule has 3 rings (SSSR count). The first-order chi connectivity index (χ1) is 7.93. The Morgan fingerprint density at radius 3 is 3.19 bits per heavy atom. The van der Waals surface area contributed by atoms with Gasteiger partial charge in [0, 0.05) is 19.4 Å². The largest absolute Gasteiger partial charge is 0.316 e. The van der Waals surface area contributed by atoms with Gasteiger partial charge in [0.25, 0.3) is 0 Å². The Labute approximate surface area is 96.4 Å². The SMILES string of the molecule is C1CNCC(CCc2nnc3n2CCC3)C1. The Balaban J connectivity index is 1.57. The highest BCUT2D eigenvalue weighted by atomic mass is 15.3. The van der Waals surface area contributed by atoms with Crippen LogP contribution in [0, 0.1) is 5.92 Å². The molecule has 16 heavy (non-hydrogen) atoms. The van der Waals surface area contributed by atoms with Crippen LogP contribution in [0.3, 0.4) is 0 Å². The number of rotatable bonds is 3. The Bertz CT molecular complexity index is 352. The first-order valence-corrected chi connectivity index (χ1v) is 6.55. The lowest BCUT2D eigenvalue weighted by molar-refractivity contribution is 0.354. The molecule has 4 nitrogen and oxygen atoms in total. The lowest BCUT2D eigenvalue weighted by Gasteiger charge is -2.22. The van der Waals surface area contributed by atoms with Crippen molar-refractivity contribution in [3.8, 4) is 0 Å². The van der Waals surface area contributed by atoms with Gasteiger partial charge >= 0.3 is 0 Å². The van der Waals surface area contributed by atoms with Crippen molar-refractivity contribution < 1.29 is 0 Å². The van der Waals surface area contributed by atoms with Gasteiger partial charge in [0.2, 0.25) is 0 Å². The number of piperidine rings is 1. The van der Waals surface area contributed by atoms with Crippen molar-refractivity contribution in [1.82, 2.24) is 20.1 Å². The summed E-state index contributed by atoms with van der Waals surface area (Å²) in [6.07, 6.45) is 7.47. The molecule has 0 aromatic carbocycles. The van der Waals surface area contributed by atoms with Crippen molar-refractivity contribution in [2.45, 2.75) is 45.1 Å². The van der Waals surface area contributed by atoms with Crippen LogP contribution in [0.1, 0.15) is 37.3 Å². The van der Waals surface area contributed by atoms with Crippen molar-refractivity contribution >= 4 is 0 Å². The minimum atomic E-state index is 0.850. The number of aromatic nitrogens is 3. The average molecular weight is 220 g/mol. The monoisotopic (exact) mass is 220 g/mol. The van der Waals surface area contributed by atoms with Crippen LogP contribution in [-0.4, -0.2) is 27.9 Å². The number of fused-ring (bicyclic) bond motifs is 1. The minimum Gasteiger partial charge on any atom is -0.316 e. The zero-order valence-corrected chi connectivity index (χ0v) is 9.78. The maximum absolute atomic E-state index is 4.31. The molecule has 1 N–H and O–H groups in total. The first kappa shape index (κ1) is 10.3. The van der Waals surface area contributed by atoms with Gasteiger partial charge in [0.15, 0.2) is 0 Å². The summed E-state index contributed by atoms with van der Waals surface area (Å²) < 4.78 is 2.33. The zero-order valence-electron chi connectivity index (χ0n) is 9.78. The van der Waals surface area contributed by atoms with E-state index in [2.05, 4.69) is 20.1 Å². The predicted molar refractivity (Wildman–Crippen MR) is 62.3 cm³/mol. The summed E-state index contributed by atoms with van der Waals surface area (Å²) in [7, 11) is 0. The molecule has 4 heteroatoms. The van der Waals surface area contributed by atoms with Crippen molar-refractivity contribution in [1.29, 1.82) is 0 Å². The summed E-state index contributed by atoms with van der Waals surface area (Å²) in [4.78, 5) is 0. The van der Waals surface area contributed by atoms with Gasteiger partial charge in [-0.25, -0.2) is 0 Å². The number of aryl methyl sites for hydroxylation is 2. The van der Waals surface area contributed by atoms with Crippen LogP contribution >= 0.6 is 0 Å². The molecule has 0 amide bonds. The molecule has 0 spiro atoms. The summed E-state index contributed by atoms with van der Waals surface area (Å²) in [5, 5.41) is 12.0. The molecular weight excluding hydrogens is 200 g/mol. The highest BCUT2D eigenvalue weighted by Gasteiger charge is 2.19. The summed E-state index contributed by atoms with van der Waals surface area (Å²) in [6.45, 7) is 3.54. The van der Waals surface area contributed by atoms with E-state index in [1.54, 1.807) is 0 Å². The second-order valence-electron chi connectivity index (χ2n) is 5.04. The number of hydrogen-bond acceptors (Lipinski definition) is 3. The van der Waals surface area contributed by atoms with Gasteiger partial charge in [-0.05, 0) is 44.7 Å². The van der Waals surface area contributed by atoms with Crippen LogP contribution in [0.4, 0.5) is 0 Å². The van der Waals surface area contributed by atoms with Gasteiger partial charge in [-0.15, -0.1) is 10.2 Å². The third-order valence-corrected chi connectivity index (χ3v) is 3.86. The standard InChI is InChI=1S/C12H20N4/c1-3-10(9-13-7-1)5-6-12-15-14-11-4-2-8-16(11)12/h10,13H,1-9H2. The fourth-order valence-corrected chi connectivity index (χ4v) is 2.90. The molecule has 0 saturated carbocycles. The quantitative estimate of drug-likeness (QED) is 0.831. The lowest BCUT2D eigenvalue weighted by atomic mass is 9.94. The summed E-state index contributed by atoms with van der Waals surface area (Å²) >= 11 is 0. The molecular formula is C12H20N4. The van der Waals surface area contributed by atoms with Gasteiger partial charge in [-0.3, -0.25) is 0 Å². The predicted octanol–water partition coefficient (Wildman–Crippen LogP) is 1.16. The van der Waals surface area contributed by atoms with Gasteiger partial charge in [0.1, 0.15) is 11.6 Å². The number of nitrogens with zero attached hydrogens (tertiary/aromatic N) is 3. The van der Waals surface area contributed by atoms with Crippen LogP contribution < -0.4 is 5.32 Å². The van der Waals surface area contributed by atoms with Gasteiger partial charge in [0.05, 0.1) is 0 Å². The maximum atomic E-state index is 4.31. The zero-order chi connectivity index (χ0) is 10.8. The molecule has 0 aliphatic carbocycles. The van der Waals surface area contributed by atoms with E-state index in [1.807, 2.05) is 0 Å². The van der Waals surface area contributed by atoms with Crippen LogP contribution in [-0.2, 0) is 19.4 Å². The Hall–Kier alpha value is -0.900. The van der Waals surface area contributed by atoms with Crippen molar-refractivity contribution in [3.63, 3.8) is 0 Å². The van der Waals surface area contributed by atoms with Gasteiger partial charge in [-0.1, -0.05) is 0 Å². The molecule has 2 aliphatic rings. The third kappa shape index (κ3) is 1.98. The molecule has 88 valence electrons. The maximum Gasteiger partial charge on any atom is 0.133 e. The molecule has 1 aromatic rings. The third-order valence-electron chi connectivity index (χ3n) is 3.86. The number of nitrogens with one attached hydrogen (secondary N) is 1. The van der Waals surface area contributed by atoms with Crippen molar-refractivity contribution in [2.24, 2.45) is 5.92 Å². The Kier molecular flexibility index (Phi) is 2.91. The van der Waals surface area contributed by atoms with E-state index in [9.17, 15) is 0 Å². The fourth-order valence-electron chi connectivity index (χ4n) is 2.90. The highest BCUT2D eigenvalue weighted by Crippen LogP contribution is 2.19. The van der Waals surface area contributed by atoms with E-state index in [0.717, 1.165) is 25.3 Å². The van der Waals surface area contributed by atoms with Gasteiger partial charge in [-0.2, -0.15) is 0 Å². The molecule has 0 bridgehead atoms. The first-order valence-electron chi connectivity index (χ1n) is 6.55. The van der Waals surface area contributed by atoms with E-state index in [-0.39, 0.29) is 0 Å².